The third-order valence-electron chi connectivity index (χ3n) is 3.03. The van der Waals surface area contributed by atoms with Crippen molar-refractivity contribution in [3.63, 3.8) is 0 Å². The van der Waals surface area contributed by atoms with Crippen molar-refractivity contribution >= 4 is 22.8 Å². The van der Waals surface area contributed by atoms with E-state index in [0.717, 1.165) is 36.5 Å². The van der Waals surface area contributed by atoms with Crippen molar-refractivity contribution < 1.29 is 0 Å². The number of pyridine rings is 1. The highest BCUT2D eigenvalue weighted by Crippen LogP contribution is 2.22. The predicted molar refractivity (Wildman–Crippen MR) is 64.7 cm³/mol. The number of aromatic nitrogens is 2. The quantitative estimate of drug-likeness (QED) is 0.827. The van der Waals surface area contributed by atoms with Crippen LogP contribution in [0.5, 0.6) is 0 Å². The Hall–Kier alpha value is -1.26. The fourth-order valence-electron chi connectivity index (χ4n) is 2.02. The Morgan fingerprint density at radius 2 is 2.31 bits per heavy atom. The molecule has 1 aliphatic heterocycles. The van der Waals surface area contributed by atoms with Gasteiger partial charge < -0.3 is 15.5 Å². The van der Waals surface area contributed by atoms with E-state index in [1.807, 2.05) is 22.7 Å². The van der Waals surface area contributed by atoms with Crippen molar-refractivity contribution in [3.05, 3.63) is 29.3 Å². The van der Waals surface area contributed by atoms with E-state index in [0.29, 0.717) is 11.1 Å². The first-order chi connectivity index (χ1) is 7.74. The Morgan fingerprint density at radius 3 is 3.00 bits per heavy atom. The molecule has 3 N–H and O–H groups in total. The highest BCUT2D eigenvalue weighted by Gasteiger charge is 2.20. The Balaban J connectivity index is 2.05. The van der Waals surface area contributed by atoms with E-state index in [2.05, 4.69) is 10.3 Å². The summed E-state index contributed by atoms with van der Waals surface area (Å²) in [6.45, 7) is 2.13. The van der Waals surface area contributed by atoms with Crippen LogP contribution in [0.4, 0.5) is 5.69 Å². The van der Waals surface area contributed by atoms with Gasteiger partial charge in [0.15, 0.2) is 5.15 Å². The third-order valence-corrected chi connectivity index (χ3v) is 3.30. The number of hydrogen-bond donors (Lipinski definition) is 2. The second-order valence-corrected chi connectivity index (χ2v) is 4.62. The van der Waals surface area contributed by atoms with Gasteiger partial charge in [-0.15, -0.1) is 0 Å². The summed E-state index contributed by atoms with van der Waals surface area (Å²) in [5, 5.41) is 3.81. The lowest BCUT2D eigenvalue weighted by atomic mass is 9.99. The summed E-state index contributed by atoms with van der Waals surface area (Å²) in [4.78, 5) is 4.40. The van der Waals surface area contributed by atoms with Crippen LogP contribution in [-0.2, 0) is 6.42 Å². The van der Waals surface area contributed by atoms with Crippen LogP contribution in [0.3, 0.4) is 0 Å². The molecule has 0 unspecified atom stereocenters. The second kappa shape index (κ2) is 3.64. The van der Waals surface area contributed by atoms with Gasteiger partial charge >= 0.3 is 0 Å². The van der Waals surface area contributed by atoms with E-state index in [9.17, 15) is 0 Å². The molecule has 16 heavy (non-hydrogen) atoms. The minimum Gasteiger partial charge on any atom is -0.398 e. The lowest BCUT2D eigenvalue weighted by Gasteiger charge is -2.26. The van der Waals surface area contributed by atoms with Crippen molar-refractivity contribution in [2.75, 3.05) is 18.8 Å². The van der Waals surface area contributed by atoms with Crippen LogP contribution in [-0.4, -0.2) is 22.5 Å². The maximum Gasteiger partial charge on any atom is 0.155 e. The maximum absolute atomic E-state index is 6.09. The Morgan fingerprint density at radius 1 is 1.50 bits per heavy atom. The largest absolute Gasteiger partial charge is 0.398 e. The number of nitrogen functional groups attached to an aromatic ring is 1. The number of nitrogens with two attached hydrogens (primary N) is 1. The van der Waals surface area contributed by atoms with Crippen LogP contribution in [0.2, 0.25) is 5.15 Å². The molecule has 4 nitrogen and oxygen atoms in total. The van der Waals surface area contributed by atoms with Gasteiger partial charge in [-0.3, -0.25) is 0 Å². The first kappa shape index (κ1) is 9.93. The van der Waals surface area contributed by atoms with Crippen molar-refractivity contribution in [1.29, 1.82) is 0 Å². The molecule has 84 valence electrons. The molecule has 1 aliphatic rings. The molecular formula is C11H13ClN4. The normalized spacial score (nSPS) is 16.6. The monoisotopic (exact) mass is 236 g/mol. The number of imidazole rings is 1. The summed E-state index contributed by atoms with van der Waals surface area (Å²) < 4.78 is 2.00. The fraction of sp³-hybridized carbons (Fsp3) is 0.364. The Labute approximate surface area is 98.4 Å². The molecule has 2 aromatic rings. The average molecular weight is 237 g/mol. The third kappa shape index (κ3) is 1.54. The number of rotatable bonds is 2. The summed E-state index contributed by atoms with van der Waals surface area (Å²) >= 11 is 6.09. The minimum atomic E-state index is 0.558. The molecular weight excluding hydrogens is 224 g/mol. The molecule has 0 saturated carbocycles. The van der Waals surface area contributed by atoms with E-state index < -0.39 is 0 Å². The molecule has 0 atom stereocenters. The number of fused-ring (bicyclic) bond motifs is 1. The lowest BCUT2D eigenvalue weighted by Crippen LogP contribution is -2.43. The van der Waals surface area contributed by atoms with Crippen LogP contribution >= 0.6 is 11.6 Å². The summed E-state index contributed by atoms with van der Waals surface area (Å²) in [5.41, 5.74) is 7.44. The first-order valence-electron chi connectivity index (χ1n) is 5.37. The summed E-state index contributed by atoms with van der Waals surface area (Å²) in [6, 6.07) is 3.75. The van der Waals surface area contributed by atoms with Gasteiger partial charge in [-0.05, 0) is 31.1 Å². The van der Waals surface area contributed by atoms with Gasteiger partial charge in [-0.25, -0.2) is 4.98 Å². The van der Waals surface area contributed by atoms with E-state index in [-0.39, 0.29) is 0 Å². The van der Waals surface area contributed by atoms with Gasteiger partial charge in [0.2, 0.25) is 0 Å². The van der Waals surface area contributed by atoms with Gasteiger partial charge in [0.05, 0.1) is 5.52 Å². The maximum atomic E-state index is 6.09. The minimum absolute atomic E-state index is 0.558. The molecule has 0 radical (unpaired) electrons. The average Bonchev–Trinajstić information content (AvgIpc) is 2.49. The van der Waals surface area contributed by atoms with Crippen LogP contribution in [0, 0.1) is 5.92 Å². The van der Waals surface area contributed by atoms with E-state index in [1.54, 1.807) is 0 Å². The van der Waals surface area contributed by atoms with Crippen LogP contribution in [0.1, 0.15) is 5.82 Å². The number of nitrogens with one attached hydrogen (secondary N) is 1. The first-order valence-corrected chi connectivity index (χ1v) is 5.74. The van der Waals surface area contributed by atoms with Gasteiger partial charge in [0.25, 0.3) is 0 Å². The highest BCUT2D eigenvalue weighted by atomic mass is 35.5. The smallest absolute Gasteiger partial charge is 0.155 e. The molecule has 0 aliphatic carbocycles. The van der Waals surface area contributed by atoms with E-state index >= 15 is 0 Å². The predicted octanol–water partition coefficient (Wildman–Crippen LogP) is 1.33. The van der Waals surface area contributed by atoms with E-state index in [1.165, 1.54) is 0 Å². The second-order valence-electron chi connectivity index (χ2n) is 4.26. The molecule has 0 amide bonds. The summed E-state index contributed by atoms with van der Waals surface area (Å²) in [6.07, 6.45) is 2.83. The fourth-order valence-corrected chi connectivity index (χ4v) is 2.27. The highest BCUT2D eigenvalue weighted by molar-refractivity contribution is 6.32. The van der Waals surface area contributed by atoms with Crippen molar-refractivity contribution in [2.45, 2.75) is 6.42 Å². The van der Waals surface area contributed by atoms with Gasteiger partial charge in [-0.1, -0.05) is 11.6 Å². The van der Waals surface area contributed by atoms with Crippen molar-refractivity contribution in [2.24, 2.45) is 5.92 Å². The van der Waals surface area contributed by atoms with Gasteiger partial charge in [0.1, 0.15) is 5.82 Å². The van der Waals surface area contributed by atoms with E-state index in [4.69, 9.17) is 17.3 Å². The Kier molecular flexibility index (Phi) is 2.26. The van der Waals surface area contributed by atoms with Gasteiger partial charge in [0, 0.05) is 18.3 Å². The molecule has 0 bridgehead atoms. The Bertz CT molecular complexity index is 530. The molecule has 0 spiro atoms. The summed E-state index contributed by atoms with van der Waals surface area (Å²) in [7, 11) is 0. The van der Waals surface area contributed by atoms with Crippen LogP contribution in [0.25, 0.3) is 5.52 Å². The molecule has 1 saturated heterocycles. The number of nitrogens with zero attached hydrogens (tertiary/aromatic N) is 2. The van der Waals surface area contributed by atoms with Gasteiger partial charge in [-0.2, -0.15) is 0 Å². The molecule has 0 aromatic carbocycles. The molecule has 1 fully saturated rings. The number of halogens is 1. The zero-order chi connectivity index (χ0) is 11.1. The van der Waals surface area contributed by atoms with Crippen LogP contribution < -0.4 is 11.1 Å². The lowest BCUT2D eigenvalue weighted by molar-refractivity contribution is 0.341. The zero-order valence-corrected chi connectivity index (χ0v) is 9.54. The standard InChI is InChI=1S/C11H13ClN4/c12-11-9-2-1-8(13)6-16(9)10(15-11)3-7-4-14-5-7/h1-2,6-7,14H,3-5,13H2. The SMILES string of the molecule is Nc1ccc2c(Cl)nc(CC3CNC3)n2c1. The molecule has 3 heterocycles. The zero-order valence-electron chi connectivity index (χ0n) is 8.78. The molecule has 2 aromatic heterocycles. The topological polar surface area (TPSA) is 55.3 Å². The number of hydrogen-bond acceptors (Lipinski definition) is 3. The molecule has 5 heteroatoms. The number of anilines is 1. The van der Waals surface area contributed by atoms with Crippen molar-refractivity contribution in [1.82, 2.24) is 14.7 Å². The summed E-state index contributed by atoms with van der Waals surface area (Å²) in [5.74, 6) is 1.67. The van der Waals surface area contributed by atoms with Crippen molar-refractivity contribution in [3.8, 4) is 0 Å². The molecule has 3 rings (SSSR count). The van der Waals surface area contributed by atoms with Crippen LogP contribution in [0.15, 0.2) is 18.3 Å².